The van der Waals surface area contributed by atoms with Gasteiger partial charge in [-0.1, -0.05) is 18.6 Å². The summed E-state index contributed by atoms with van der Waals surface area (Å²) < 4.78 is 5.43. The van der Waals surface area contributed by atoms with Gasteiger partial charge in [-0.15, -0.1) is 0 Å². The number of rotatable bonds is 4. The molecule has 1 aromatic carbocycles. The minimum absolute atomic E-state index is 0.0647. The molecule has 0 radical (unpaired) electrons. The number of hydrogen-bond donors (Lipinski definition) is 0. The van der Waals surface area contributed by atoms with Gasteiger partial charge in [0, 0.05) is 39.1 Å². The fraction of sp³-hybridized carbons (Fsp3) is 0.579. The molecule has 0 bridgehead atoms. The Bertz CT molecular complexity index is 612. The molecule has 6 heteroatoms. The average Bonchev–Trinajstić information content (AvgIpc) is 2.86. The SMILES string of the molecule is COc1ccccc1N1CCN(C(=O)CN2CCCCCC2=O)CC1. The molecule has 0 unspecified atom stereocenters. The van der Waals surface area contributed by atoms with E-state index >= 15 is 0 Å². The van der Waals surface area contributed by atoms with Gasteiger partial charge in [-0.3, -0.25) is 9.59 Å². The first-order chi connectivity index (χ1) is 12.2. The molecule has 1 aromatic rings. The third-order valence-electron chi connectivity index (χ3n) is 5.06. The molecule has 2 heterocycles. The van der Waals surface area contributed by atoms with Gasteiger partial charge in [0.1, 0.15) is 5.75 Å². The van der Waals surface area contributed by atoms with E-state index in [1.807, 2.05) is 29.2 Å². The second-order valence-electron chi connectivity index (χ2n) is 6.67. The maximum atomic E-state index is 12.6. The Morgan fingerprint density at radius 3 is 2.56 bits per heavy atom. The van der Waals surface area contributed by atoms with Crippen LogP contribution in [0.25, 0.3) is 0 Å². The van der Waals surface area contributed by atoms with E-state index in [0.29, 0.717) is 26.1 Å². The van der Waals surface area contributed by atoms with Crippen LogP contribution >= 0.6 is 0 Å². The molecule has 25 heavy (non-hydrogen) atoms. The molecule has 6 nitrogen and oxygen atoms in total. The van der Waals surface area contributed by atoms with Gasteiger partial charge < -0.3 is 19.4 Å². The van der Waals surface area contributed by atoms with Crippen molar-refractivity contribution in [1.29, 1.82) is 0 Å². The number of amides is 2. The van der Waals surface area contributed by atoms with Crippen molar-refractivity contribution < 1.29 is 14.3 Å². The van der Waals surface area contributed by atoms with Crippen LogP contribution in [0.1, 0.15) is 25.7 Å². The van der Waals surface area contributed by atoms with Crippen LogP contribution in [0.3, 0.4) is 0 Å². The van der Waals surface area contributed by atoms with Crippen LogP contribution in [0.2, 0.25) is 0 Å². The summed E-state index contributed by atoms with van der Waals surface area (Å²) in [6.45, 7) is 3.86. The maximum Gasteiger partial charge on any atom is 0.242 e. The van der Waals surface area contributed by atoms with Gasteiger partial charge in [0.2, 0.25) is 11.8 Å². The van der Waals surface area contributed by atoms with Crippen LogP contribution in [-0.2, 0) is 9.59 Å². The fourth-order valence-corrected chi connectivity index (χ4v) is 3.56. The molecule has 0 N–H and O–H groups in total. The second kappa shape index (κ2) is 8.23. The van der Waals surface area contributed by atoms with E-state index in [1.165, 1.54) is 0 Å². The van der Waals surface area contributed by atoms with Crippen molar-refractivity contribution >= 4 is 17.5 Å². The van der Waals surface area contributed by atoms with E-state index < -0.39 is 0 Å². The van der Waals surface area contributed by atoms with E-state index in [4.69, 9.17) is 4.74 Å². The lowest BCUT2D eigenvalue weighted by Gasteiger charge is -2.37. The number of hydrogen-bond acceptors (Lipinski definition) is 4. The standard InChI is InChI=1S/C19H27N3O3/c1-25-17-8-5-4-7-16(17)20-11-13-21(14-12-20)19(24)15-22-10-6-2-3-9-18(22)23/h4-5,7-8H,2-3,6,9-15H2,1H3. The van der Waals surface area contributed by atoms with Crippen LogP contribution < -0.4 is 9.64 Å². The number of piperazine rings is 1. The number of carbonyl (C=O) groups excluding carboxylic acids is 2. The van der Waals surface area contributed by atoms with Crippen molar-refractivity contribution in [2.75, 3.05) is 51.3 Å². The average molecular weight is 345 g/mol. The molecule has 0 spiro atoms. The van der Waals surface area contributed by atoms with E-state index in [1.54, 1.807) is 12.0 Å². The lowest BCUT2D eigenvalue weighted by molar-refractivity contribution is -0.140. The molecule has 2 saturated heterocycles. The highest BCUT2D eigenvalue weighted by Gasteiger charge is 2.26. The zero-order chi connectivity index (χ0) is 17.6. The molecular weight excluding hydrogens is 318 g/mol. The predicted molar refractivity (Wildman–Crippen MR) is 96.8 cm³/mol. The molecule has 2 aliphatic heterocycles. The van der Waals surface area contributed by atoms with Gasteiger partial charge in [0.05, 0.1) is 19.3 Å². The lowest BCUT2D eigenvalue weighted by Crippen LogP contribution is -2.52. The van der Waals surface area contributed by atoms with Crippen molar-refractivity contribution in [2.45, 2.75) is 25.7 Å². The first-order valence-electron chi connectivity index (χ1n) is 9.12. The molecule has 2 amide bonds. The summed E-state index contributed by atoms with van der Waals surface area (Å²) in [6, 6.07) is 7.96. The van der Waals surface area contributed by atoms with Gasteiger partial charge in [-0.2, -0.15) is 0 Å². The number of benzene rings is 1. The number of para-hydroxylation sites is 2. The predicted octanol–water partition coefficient (Wildman–Crippen LogP) is 1.75. The highest BCUT2D eigenvalue weighted by atomic mass is 16.5. The third-order valence-corrected chi connectivity index (χ3v) is 5.06. The Morgan fingerprint density at radius 2 is 1.80 bits per heavy atom. The van der Waals surface area contributed by atoms with Crippen LogP contribution in [0, 0.1) is 0 Å². The topological polar surface area (TPSA) is 53.1 Å². The van der Waals surface area contributed by atoms with Gasteiger partial charge in [-0.05, 0) is 25.0 Å². The molecule has 0 saturated carbocycles. The molecule has 136 valence electrons. The summed E-state index contributed by atoms with van der Waals surface area (Å²) in [7, 11) is 1.68. The Hall–Kier alpha value is -2.24. The molecule has 2 aliphatic rings. The monoisotopic (exact) mass is 345 g/mol. The Balaban J connectivity index is 1.54. The summed E-state index contributed by atoms with van der Waals surface area (Å²) in [4.78, 5) is 30.5. The van der Waals surface area contributed by atoms with Crippen molar-refractivity contribution in [3.05, 3.63) is 24.3 Å². The summed E-state index contributed by atoms with van der Waals surface area (Å²) in [6.07, 6.45) is 3.60. The number of likely N-dealkylation sites (tertiary alicyclic amines) is 1. The lowest BCUT2D eigenvalue weighted by atomic mass is 10.2. The zero-order valence-electron chi connectivity index (χ0n) is 14.9. The smallest absolute Gasteiger partial charge is 0.242 e. The third kappa shape index (κ3) is 4.24. The van der Waals surface area contributed by atoms with Crippen LogP contribution in [0.4, 0.5) is 5.69 Å². The van der Waals surface area contributed by atoms with Crippen LogP contribution in [0.5, 0.6) is 5.75 Å². The number of methoxy groups -OCH3 is 1. The quantitative estimate of drug-likeness (QED) is 0.834. The van der Waals surface area contributed by atoms with E-state index in [9.17, 15) is 9.59 Å². The first kappa shape index (κ1) is 17.6. The van der Waals surface area contributed by atoms with E-state index in [0.717, 1.165) is 43.8 Å². The highest BCUT2D eigenvalue weighted by Crippen LogP contribution is 2.28. The Labute approximate surface area is 149 Å². The highest BCUT2D eigenvalue weighted by molar-refractivity contribution is 5.85. The van der Waals surface area contributed by atoms with Crippen molar-refractivity contribution in [1.82, 2.24) is 9.80 Å². The minimum Gasteiger partial charge on any atom is -0.495 e. The number of anilines is 1. The summed E-state index contributed by atoms with van der Waals surface area (Å²) in [5, 5.41) is 0. The summed E-state index contributed by atoms with van der Waals surface area (Å²) in [5.74, 6) is 1.05. The molecule has 2 fully saturated rings. The molecule has 0 aromatic heterocycles. The summed E-state index contributed by atoms with van der Waals surface area (Å²) in [5.41, 5.74) is 1.07. The maximum absolute atomic E-state index is 12.6. The molecule has 0 aliphatic carbocycles. The van der Waals surface area contributed by atoms with Crippen molar-refractivity contribution in [2.24, 2.45) is 0 Å². The molecule has 0 atom stereocenters. The van der Waals surface area contributed by atoms with Gasteiger partial charge in [0.25, 0.3) is 0 Å². The second-order valence-corrected chi connectivity index (χ2v) is 6.67. The normalized spacial score (nSPS) is 18.9. The van der Waals surface area contributed by atoms with E-state index in [-0.39, 0.29) is 18.4 Å². The van der Waals surface area contributed by atoms with E-state index in [2.05, 4.69) is 4.90 Å². The number of nitrogens with zero attached hydrogens (tertiary/aromatic N) is 3. The van der Waals surface area contributed by atoms with Gasteiger partial charge in [-0.25, -0.2) is 0 Å². The van der Waals surface area contributed by atoms with Crippen LogP contribution in [-0.4, -0.2) is 68.0 Å². The first-order valence-corrected chi connectivity index (χ1v) is 9.12. The van der Waals surface area contributed by atoms with Crippen LogP contribution in [0.15, 0.2) is 24.3 Å². The zero-order valence-corrected chi connectivity index (χ0v) is 14.9. The Morgan fingerprint density at radius 1 is 1.04 bits per heavy atom. The number of ether oxygens (including phenoxy) is 1. The largest absolute Gasteiger partial charge is 0.495 e. The number of carbonyl (C=O) groups is 2. The molecular formula is C19H27N3O3. The molecule has 3 rings (SSSR count). The minimum atomic E-state index is 0.0647. The van der Waals surface area contributed by atoms with Crippen molar-refractivity contribution in [3.8, 4) is 5.75 Å². The van der Waals surface area contributed by atoms with Crippen molar-refractivity contribution in [3.63, 3.8) is 0 Å². The fourth-order valence-electron chi connectivity index (χ4n) is 3.56. The Kier molecular flexibility index (Phi) is 5.79. The van der Waals surface area contributed by atoms with Gasteiger partial charge in [0.15, 0.2) is 0 Å². The van der Waals surface area contributed by atoms with Gasteiger partial charge >= 0.3 is 0 Å². The summed E-state index contributed by atoms with van der Waals surface area (Å²) >= 11 is 0.